The second-order valence-electron chi connectivity index (χ2n) is 5.22. The summed E-state index contributed by atoms with van der Waals surface area (Å²) in [6.45, 7) is 1.91. The number of nitrogens with zero attached hydrogens (tertiary/aromatic N) is 2. The van der Waals surface area contributed by atoms with Crippen LogP contribution in [0.3, 0.4) is 0 Å². The fourth-order valence-electron chi connectivity index (χ4n) is 2.28. The fourth-order valence-corrected chi connectivity index (χ4v) is 2.28. The van der Waals surface area contributed by atoms with Crippen LogP contribution in [-0.4, -0.2) is 15.8 Å². The number of hydrogen-bond acceptors (Lipinski definition) is 4. The molecule has 4 heteroatoms. The van der Waals surface area contributed by atoms with Crippen LogP contribution >= 0.6 is 0 Å². The Hall–Kier alpha value is -3.01. The van der Waals surface area contributed by atoms with Gasteiger partial charge in [-0.25, -0.2) is 0 Å². The Labute approximate surface area is 134 Å². The molecule has 0 saturated carbocycles. The Morgan fingerprint density at radius 1 is 1.04 bits per heavy atom. The summed E-state index contributed by atoms with van der Waals surface area (Å²) in [6, 6.07) is 14.6. The smallest absolute Gasteiger partial charge is 0.167 e. The van der Waals surface area contributed by atoms with Crippen molar-refractivity contribution in [2.24, 2.45) is 0 Å². The minimum Gasteiger partial charge on any atom is -0.456 e. The van der Waals surface area contributed by atoms with Gasteiger partial charge in [-0.05, 0) is 48.9 Å². The van der Waals surface area contributed by atoms with Gasteiger partial charge < -0.3 is 4.74 Å². The van der Waals surface area contributed by atoms with Crippen molar-refractivity contribution in [3.63, 3.8) is 0 Å². The number of aromatic nitrogens is 2. The molecule has 2 heterocycles. The summed E-state index contributed by atoms with van der Waals surface area (Å²) in [5.41, 5.74) is 2.49. The molecule has 0 amide bonds. The highest BCUT2D eigenvalue weighted by molar-refractivity contribution is 5.97. The molecule has 0 aliphatic carbocycles. The molecule has 0 unspecified atom stereocenters. The number of hydrogen-bond donors (Lipinski definition) is 0. The number of ketones is 1. The molecule has 0 radical (unpaired) electrons. The lowest BCUT2D eigenvalue weighted by atomic mass is 10.0. The molecule has 0 fully saturated rings. The summed E-state index contributed by atoms with van der Waals surface area (Å²) in [5.74, 6) is 1.31. The van der Waals surface area contributed by atoms with Crippen molar-refractivity contribution in [1.29, 1.82) is 0 Å². The zero-order chi connectivity index (χ0) is 16.1. The van der Waals surface area contributed by atoms with Crippen molar-refractivity contribution in [1.82, 2.24) is 9.97 Å². The topological polar surface area (TPSA) is 52.1 Å². The monoisotopic (exact) mass is 304 g/mol. The van der Waals surface area contributed by atoms with Crippen LogP contribution in [-0.2, 0) is 6.42 Å². The van der Waals surface area contributed by atoms with E-state index in [9.17, 15) is 4.79 Å². The first-order chi connectivity index (χ1) is 11.2. The van der Waals surface area contributed by atoms with E-state index in [2.05, 4.69) is 9.97 Å². The van der Waals surface area contributed by atoms with Gasteiger partial charge in [0.2, 0.25) is 0 Å². The van der Waals surface area contributed by atoms with Gasteiger partial charge in [0.25, 0.3) is 0 Å². The number of rotatable bonds is 5. The van der Waals surface area contributed by atoms with Crippen LogP contribution < -0.4 is 4.74 Å². The van der Waals surface area contributed by atoms with E-state index in [1.807, 2.05) is 37.3 Å². The highest BCUT2D eigenvalue weighted by atomic mass is 16.5. The quantitative estimate of drug-likeness (QED) is 0.668. The lowest BCUT2D eigenvalue weighted by Gasteiger charge is -2.07. The summed E-state index contributed by atoms with van der Waals surface area (Å²) in [6.07, 6.45) is 5.39. The molecule has 23 heavy (non-hydrogen) atoms. The lowest BCUT2D eigenvalue weighted by molar-refractivity contribution is 0.0992. The molecule has 0 atom stereocenters. The molecule has 1 aromatic carbocycles. The van der Waals surface area contributed by atoms with Gasteiger partial charge in [0.15, 0.2) is 5.78 Å². The predicted octanol–water partition coefficient (Wildman–Crippen LogP) is 4.00. The van der Waals surface area contributed by atoms with E-state index in [1.54, 1.807) is 36.8 Å². The highest BCUT2D eigenvalue weighted by Gasteiger charge is 2.09. The Morgan fingerprint density at radius 2 is 1.91 bits per heavy atom. The van der Waals surface area contributed by atoms with E-state index >= 15 is 0 Å². The maximum absolute atomic E-state index is 12.4. The van der Waals surface area contributed by atoms with Gasteiger partial charge in [-0.1, -0.05) is 12.1 Å². The molecular weight excluding hydrogens is 288 g/mol. The molecule has 0 saturated heterocycles. The van der Waals surface area contributed by atoms with Crippen LogP contribution in [0.15, 0.2) is 67.1 Å². The zero-order valence-electron chi connectivity index (χ0n) is 12.8. The van der Waals surface area contributed by atoms with Crippen LogP contribution in [0, 0.1) is 6.92 Å². The van der Waals surface area contributed by atoms with Crippen LogP contribution in [0.4, 0.5) is 0 Å². The molecule has 0 bridgehead atoms. The van der Waals surface area contributed by atoms with Gasteiger partial charge in [-0.15, -0.1) is 0 Å². The summed E-state index contributed by atoms with van der Waals surface area (Å²) in [5, 5.41) is 0. The first-order valence-corrected chi connectivity index (χ1v) is 7.33. The van der Waals surface area contributed by atoms with Gasteiger partial charge in [0, 0.05) is 30.1 Å². The second-order valence-corrected chi connectivity index (χ2v) is 5.22. The average molecular weight is 304 g/mol. The fraction of sp³-hybridized carbons (Fsp3) is 0.105. The molecule has 2 aromatic heterocycles. The summed E-state index contributed by atoms with van der Waals surface area (Å²) in [4.78, 5) is 20.6. The van der Waals surface area contributed by atoms with Gasteiger partial charge in [0.05, 0.1) is 6.20 Å². The number of Topliss-reactive ketones (excluding diaryl/α,β-unsaturated/α-hetero) is 1. The number of ether oxygens (including phenoxy) is 1. The third-order valence-electron chi connectivity index (χ3n) is 3.35. The Kier molecular flexibility index (Phi) is 4.43. The van der Waals surface area contributed by atoms with E-state index in [4.69, 9.17) is 4.74 Å². The van der Waals surface area contributed by atoms with Crippen LogP contribution in [0.25, 0.3) is 0 Å². The zero-order valence-corrected chi connectivity index (χ0v) is 12.8. The number of pyridine rings is 2. The molecule has 4 nitrogen and oxygen atoms in total. The summed E-state index contributed by atoms with van der Waals surface area (Å²) in [7, 11) is 0. The first-order valence-electron chi connectivity index (χ1n) is 7.33. The van der Waals surface area contributed by atoms with Crippen LogP contribution in [0.2, 0.25) is 0 Å². The summed E-state index contributed by atoms with van der Waals surface area (Å²) >= 11 is 0. The maximum Gasteiger partial charge on any atom is 0.167 e. The molecule has 0 spiro atoms. The third-order valence-corrected chi connectivity index (χ3v) is 3.35. The van der Waals surface area contributed by atoms with Crippen LogP contribution in [0.1, 0.15) is 21.6 Å². The van der Waals surface area contributed by atoms with E-state index in [0.717, 1.165) is 11.3 Å². The second kappa shape index (κ2) is 6.83. The van der Waals surface area contributed by atoms with E-state index in [-0.39, 0.29) is 5.78 Å². The molecule has 3 aromatic rings. The Balaban J connectivity index is 1.75. The largest absolute Gasteiger partial charge is 0.456 e. The Morgan fingerprint density at radius 3 is 2.70 bits per heavy atom. The molecule has 0 aliphatic rings. The van der Waals surface area contributed by atoms with Gasteiger partial charge >= 0.3 is 0 Å². The number of aryl methyl sites for hydroxylation is 1. The third kappa shape index (κ3) is 4.01. The molecule has 3 rings (SSSR count). The minimum atomic E-state index is 0.0484. The lowest BCUT2D eigenvalue weighted by Crippen LogP contribution is -2.04. The van der Waals surface area contributed by atoms with Crippen molar-refractivity contribution in [3.05, 3.63) is 83.9 Å². The van der Waals surface area contributed by atoms with Crippen LogP contribution in [0.5, 0.6) is 11.5 Å². The van der Waals surface area contributed by atoms with Crippen molar-refractivity contribution in [2.75, 3.05) is 0 Å². The number of carbonyl (C=O) groups excluding carboxylic acids is 1. The predicted molar refractivity (Wildman–Crippen MR) is 87.8 cm³/mol. The van der Waals surface area contributed by atoms with E-state index < -0.39 is 0 Å². The SMILES string of the molecule is Cc1cc(CC(=O)c2cccc(Oc3cccnc3)c2)ccn1. The van der Waals surface area contributed by atoms with E-state index in [1.165, 1.54) is 0 Å². The maximum atomic E-state index is 12.4. The van der Waals surface area contributed by atoms with E-state index in [0.29, 0.717) is 23.5 Å². The number of carbonyl (C=O) groups is 1. The summed E-state index contributed by atoms with van der Waals surface area (Å²) < 4.78 is 5.71. The molecule has 0 N–H and O–H groups in total. The minimum absolute atomic E-state index is 0.0484. The standard InChI is InChI=1S/C19H16N2O2/c1-14-10-15(7-9-21-14)11-19(22)16-4-2-5-17(12-16)23-18-6-3-8-20-13-18/h2-10,12-13H,11H2,1H3. The highest BCUT2D eigenvalue weighted by Crippen LogP contribution is 2.22. The van der Waals surface area contributed by atoms with Gasteiger partial charge in [0.1, 0.15) is 11.5 Å². The molecular formula is C19H16N2O2. The van der Waals surface area contributed by atoms with Crippen molar-refractivity contribution < 1.29 is 9.53 Å². The van der Waals surface area contributed by atoms with Gasteiger partial charge in [-0.3, -0.25) is 14.8 Å². The first kappa shape index (κ1) is 14.9. The molecule has 0 aliphatic heterocycles. The van der Waals surface area contributed by atoms with Gasteiger partial charge in [-0.2, -0.15) is 0 Å². The number of benzene rings is 1. The average Bonchev–Trinajstić information content (AvgIpc) is 2.56. The van der Waals surface area contributed by atoms with Crippen molar-refractivity contribution in [2.45, 2.75) is 13.3 Å². The van der Waals surface area contributed by atoms with Crippen molar-refractivity contribution >= 4 is 5.78 Å². The normalized spacial score (nSPS) is 10.3. The molecule has 114 valence electrons. The van der Waals surface area contributed by atoms with Crippen molar-refractivity contribution in [3.8, 4) is 11.5 Å². The Bertz CT molecular complexity index is 816.